The van der Waals surface area contributed by atoms with Gasteiger partial charge in [0.1, 0.15) is 5.75 Å². The maximum absolute atomic E-state index is 8.98. The Kier molecular flexibility index (Phi) is 6.49. The first kappa shape index (κ1) is 16.3. The molecule has 118 valence electrons. The van der Waals surface area contributed by atoms with Crippen LogP contribution in [0.25, 0.3) is 0 Å². The Morgan fingerprint density at radius 1 is 1.14 bits per heavy atom. The molecule has 1 fully saturated rings. The van der Waals surface area contributed by atoms with Gasteiger partial charge in [-0.05, 0) is 37.5 Å². The third kappa shape index (κ3) is 4.99. The van der Waals surface area contributed by atoms with Crippen LogP contribution in [-0.2, 0) is 6.42 Å². The molecule has 4 nitrogen and oxygen atoms in total. The topological polar surface area (TPSA) is 35.9 Å². The monoisotopic (exact) mass is 292 g/mol. The minimum Gasteiger partial charge on any atom is -0.497 e. The Morgan fingerprint density at radius 3 is 2.38 bits per heavy atom. The van der Waals surface area contributed by atoms with Gasteiger partial charge in [-0.15, -0.1) is 0 Å². The number of rotatable bonds is 7. The normalized spacial score (nSPS) is 18.6. The molecule has 1 aromatic carbocycles. The van der Waals surface area contributed by atoms with Crippen molar-refractivity contribution in [3.05, 3.63) is 29.8 Å². The first-order valence-corrected chi connectivity index (χ1v) is 7.93. The lowest BCUT2D eigenvalue weighted by atomic mass is 10.0. The molecule has 0 aliphatic carbocycles. The molecule has 0 bridgehead atoms. The van der Waals surface area contributed by atoms with E-state index < -0.39 is 0 Å². The molecule has 1 aromatic rings. The predicted octanol–water partition coefficient (Wildman–Crippen LogP) is 1.63. The molecule has 0 saturated carbocycles. The molecule has 4 heteroatoms. The maximum atomic E-state index is 8.98. The summed E-state index contributed by atoms with van der Waals surface area (Å²) in [7, 11) is 1.70. The van der Waals surface area contributed by atoms with Crippen LogP contribution in [0, 0.1) is 0 Å². The molecule has 1 saturated heterocycles. The minimum absolute atomic E-state index is 0.271. The van der Waals surface area contributed by atoms with Gasteiger partial charge in [-0.2, -0.15) is 0 Å². The third-order valence-electron chi connectivity index (χ3n) is 4.46. The zero-order valence-electron chi connectivity index (χ0n) is 13.3. The third-order valence-corrected chi connectivity index (χ3v) is 4.46. The van der Waals surface area contributed by atoms with E-state index in [0.29, 0.717) is 6.04 Å². The van der Waals surface area contributed by atoms with Crippen molar-refractivity contribution in [2.45, 2.75) is 25.8 Å². The van der Waals surface area contributed by atoms with Crippen molar-refractivity contribution in [3.63, 3.8) is 0 Å². The summed E-state index contributed by atoms with van der Waals surface area (Å²) in [5, 5.41) is 8.98. The van der Waals surface area contributed by atoms with Crippen molar-refractivity contribution in [2.75, 3.05) is 46.4 Å². The number of nitrogens with zero attached hydrogens (tertiary/aromatic N) is 2. The van der Waals surface area contributed by atoms with E-state index in [0.717, 1.165) is 44.9 Å². The fourth-order valence-electron chi connectivity index (χ4n) is 2.92. The number of hydrogen-bond acceptors (Lipinski definition) is 4. The lowest BCUT2D eigenvalue weighted by molar-refractivity contribution is 0.0862. The van der Waals surface area contributed by atoms with Crippen LogP contribution in [0.3, 0.4) is 0 Å². The zero-order chi connectivity index (χ0) is 15.1. The molecule has 0 radical (unpaired) electrons. The summed E-state index contributed by atoms with van der Waals surface area (Å²) in [4.78, 5) is 4.91. The average Bonchev–Trinajstić information content (AvgIpc) is 2.54. The molecule has 0 aromatic heterocycles. The van der Waals surface area contributed by atoms with E-state index in [4.69, 9.17) is 9.84 Å². The Balaban J connectivity index is 1.73. The molecule has 1 N–H and O–H groups in total. The molecule has 0 unspecified atom stereocenters. The van der Waals surface area contributed by atoms with E-state index in [1.165, 1.54) is 12.0 Å². The van der Waals surface area contributed by atoms with E-state index in [1.54, 1.807) is 7.11 Å². The van der Waals surface area contributed by atoms with E-state index in [9.17, 15) is 0 Å². The second kappa shape index (κ2) is 8.37. The van der Waals surface area contributed by atoms with Gasteiger partial charge in [-0.3, -0.25) is 9.80 Å². The fourth-order valence-corrected chi connectivity index (χ4v) is 2.92. The number of aliphatic hydroxyl groups excluding tert-OH is 1. The minimum atomic E-state index is 0.271. The van der Waals surface area contributed by atoms with Crippen LogP contribution in [0.2, 0.25) is 0 Å². The van der Waals surface area contributed by atoms with Crippen LogP contribution >= 0.6 is 0 Å². The zero-order valence-corrected chi connectivity index (χ0v) is 13.3. The Morgan fingerprint density at radius 2 is 1.81 bits per heavy atom. The lowest BCUT2D eigenvalue weighted by Crippen LogP contribution is -2.50. The van der Waals surface area contributed by atoms with Gasteiger partial charge in [0, 0.05) is 38.8 Å². The standard InChI is InChI=1S/C17H28N2O2/c1-15(19-11-9-18(10-12-19)13-14-20)3-4-16-5-7-17(21-2)8-6-16/h5-8,15,20H,3-4,9-14H2,1-2H3/t15-/m0/s1. The quantitative estimate of drug-likeness (QED) is 0.828. The number of methoxy groups -OCH3 is 1. The van der Waals surface area contributed by atoms with Gasteiger partial charge in [-0.1, -0.05) is 12.1 Å². The van der Waals surface area contributed by atoms with Crippen molar-refractivity contribution in [1.29, 1.82) is 0 Å². The number of β-amino-alcohol motifs (C(OH)–C–C–N with tert-alkyl or cyclic N) is 1. The number of benzene rings is 1. The van der Waals surface area contributed by atoms with Crippen molar-refractivity contribution in [2.24, 2.45) is 0 Å². The van der Waals surface area contributed by atoms with Crippen LogP contribution in [0.1, 0.15) is 18.9 Å². The molecule has 2 rings (SSSR count). The van der Waals surface area contributed by atoms with E-state index >= 15 is 0 Å². The Bertz CT molecular complexity index is 400. The highest BCUT2D eigenvalue weighted by molar-refractivity contribution is 5.27. The fraction of sp³-hybridized carbons (Fsp3) is 0.647. The van der Waals surface area contributed by atoms with E-state index in [1.807, 2.05) is 12.1 Å². The molecular weight excluding hydrogens is 264 g/mol. The first-order valence-electron chi connectivity index (χ1n) is 7.93. The number of piperazine rings is 1. The van der Waals surface area contributed by atoms with Gasteiger partial charge in [0.2, 0.25) is 0 Å². The van der Waals surface area contributed by atoms with Crippen molar-refractivity contribution >= 4 is 0 Å². The Labute approximate surface area is 128 Å². The van der Waals surface area contributed by atoms with Crippen molar-refractivity contribution in [1.82, 2.24) is 9.80 Å². The summed E-state index contributed by atoms with van der Waals surface area (Å²) in [6.07, 6.45) is 2.30. The van der Waals surface area contributed by atoms with Crippen LogP contribution < -0.4 is 4.74 Å². The summed E-state index contributed by atoms with van der Waals surface area (Å²) in [6.45, 7) is 7.79. The Hall–Kier alpha value is -1.10. The van der Waals surface area contributed by atoms with E-state index in [-0.39, 0.29) is 6.61 Å². The summed E-state index contributed by atoms with van der Waals surface area (Å²) >= 11 is 0. The molecule has 0 spiro atoms. The van der Waals surface area contributed by atoms with Crippen LogP contribution in [0.5, 0.6) is 5.75 Å². The number of hydrogen-bond donors (Lipinski definition) is 1. The molecule has 1 heterocycles. The second-order valence-corrected chi connectivity index (χ2v) is 5.84. The molecular formula is C17H28N2O2. The molecule has 21 heavy (non-hydrogen) atoms. The van der Waals surface area contributed by atoms with Gasteiger partial charge in [-0.25, -0.2) is 0 Å². The average molecular weight is 292 g/mol. The van der Waals surface area contributed by atoms with Gasteiger partial charge in [0.25, 0.3) is 0 Å². The molecule has 1 aliphatic rings. The lowest BCUT2D eigenvalue weighted by Gasteiger charge is -2.38. The highest BCUT2D eigenvalue weighted by Gasteiger charge is 2.20. The summed E-state index contributed by atoms with van der Waals surface area (Å²) in [5.41, 5.74) is 1.38. The van der Waals surface area contributed by atoms with Crippen molar-refractivity contribution < 1.29 is 9.84 Å². The van der Waals surface area contributed by atoms with Gasteiger partial charge in [0.15, 0.2) is 0 Å². The largest absolute Gasteiger partial charge is 0.497 e. The van der Waals surface area contributed by atoms with Crippen LogP contribution in [-0.4, -0.2) is 67.4 Å². The van der Waals surface area contributed by atoms with E-state index in [2.05, 4.69) is 28.9 Å². The van der Waals surface area contributed by atoms with Crippen LogP contribution in [0.15, 0.2) is 24.3 Å². The van der Waals surface area contributed by atoms with Crippen LogP contribution in [0.4, 0.5) is 0 Å². The first-order chi connectivity index (χ1) is 10.2. The van der Waals surface area contributed by atoms with Gasteiger partial charge < -0.3 is 9.84 Å². The highest BCUT2D eigenvalue weighted by Crippen LogP contribution is 2.15. The smallest absolute Gasteiger partial charge is 0.118 e. The number of ether oxygens (including phenoxy) is 1. The molecule has 0 amide bonds. The summed E-state index contributed by atoms with van der Waals surface area (Å²) in [6, 6.07) is 9.00. The molecule has 1 atom stereocenters. The van der Waals surface area contributed by atoms with Crippen molar-refractivity contribution in [3.8, 4) is 5.75 Å². The number of aryl methyl sites for hydroxylation is 1. The second-order valence-electron chi connectivity index (χ2n) is 5.84. The van der Waals surface area contributed by atoms with Gasteiger partial charge in [0.05, 0.1) is 13.7 Å². The summed E-state index contributed by atoms with van der Waals surface area (Å²) < 4.78 is 5.19. The van der Waals surface area contributed by atoms with Gasteiger partial charge >= 0.3 is 0 Å². The maximum Gasteiger partial charge on any atom is 0.118 e. The highest BCUT2D eigenvalue weighted by atomic mass is 16.5. The number of aliphatic hydroxyl groups is 1. The summed E-state index contributed by atoms with van der Waals surface area (Å²) in [5.74, 6) is 0.923. The predicted molar refractivity (Wildman–Crippen MR) is 85.9 cm³/mol. The molecule has 1 aliphatic heterocycles. The SMILES string of the molecule is COc1ccc(CC[C@H](C)N2CCN(CCO)CC2)cc1.